The summed E-state index contributed by atoms with van der Waals surface area (Å²) >= 11 is 0. The molecular formula is C18H20F3N7O2. The number of anilines is 1. The van der Waals surface area contributed by atoms with Gasteiger partial charge in [0.15, 0.2) is 0 Å². The molecule has 30 heavy (non-hydrogen) atoms. The lowest BCUT2D eigenvalue weighted by atomic mass is 9.73. The molecule has 0 spiro atoms. The van der Waals surface area contributed by atoms with Crippen LogP contribution in [0.3, 0.4) is 0 Å². The molecular weight excluding hydrogens is 403 g/mol. The Morgan fingerprint density at radius 3 is 2.77 bits per heavy atom. The van der Waals surface area contributed by atoms with Crippen molar-refractivity contribution >= 4 is 23.3 Å². The molecule has 1 atom stereocenters. The first-order chi connectivity index (χ1) is 14.1. The van der Waals surface area contributed by atoms with E-state index in [0.29, 0.717) is 24.5 Å². The van der Waals surface area contributed by atoms with Crippen molar-refractivity contribution in [1.82, 2.24) is 29.9 Å². The Morgan fingerprint density at radius 1 is 1.33 bits per heavy atom. The number of rotatable bonds is 4. The van der Waals surface area contributed by atoms with Crippen molar-refractivity contribution in [2.24, 2.45) is 11.8 Å². The van der Waals surface area contributed by atoms with Crippen LogP contribution in [0.2, 0.25) is 0 Å². The fourth-order valence-corrected chi connectivity index (χ4v) is 3.71. The van der Waals surface area contributed by atoms with Gasteiger partial charge < -0.3 is 5.32 Å². The predicted molar refractivity (Wildman–Crippen MR) is 99.1 cm³/mol. The van der Waals surface area contributed by atoms with Crippen LogP contribution in [-0.4, -0.2) is 55.6 Å². The van der Waals surface area contributed by atoms with E-state index < -0.39 is 24.0 Å². The summed E-state index contributed by atoms with van der Waals surface area (Å²) in [6.45, 7) is 4.24. The highest BCUT2D eigenvalue weighted by Crippen LogP contribution is 2.48. The molecule has 0 unspecified atom stereocenters. The van der Waals surface area contributed by atoms with Gasteiger partial charge in [0, 0.05) is 31.3 Å². The van der Waals surface area contributed by atoms with Gasteiger partial charge in [-0.1, -0.05) is 6.58 Å². The van der Waals surface area contributed by atoms with Crippen LogP contribution >= 0.6 is 0 Å². The third-order valence-corrected chi connectivity index (χ3v) is 5.66. The fourth-order valence-electron chi connectivity index (χ4n) is 3.71. The molecule has 0 radical (unpaired) electrons. The number of hydrogen-bond acceptors (Lipinski definition) is 5. The maximum absolute atomic E-state index is 12.7. The van der Waals surface area contributed by atoms with E-state index in [2.05, 4.69) is 27.1 Å². The summed E-state index contributed by atoms with van der Waals surface area (Å²) in [4.78, 5) is 30.5. The van der Waals surface area contributed by atoms with Gasteiger partial charge in [-0.3, -0.25) is 14.5 Å². The molecule has 1 N–H and O–H groups in total. The lowest BCUT2D eigenvalue weighted by Crippen LogP contribution is -2.47. The number of aromatic nitrogens is 5. The van der Waals surface area contributed by atoms with Crippen LogP contribution in [0, 0.1) is 11.8 Å². The molecule has 9 nitrogen and oxygen atoms in total. The fraction of sp³-hybridized carbons (Fsp3) is 0.500. The number of carbonyl (C=O) groups is 2. The third kappa shape index (κ3) is 3.57. The number of fused-ring (bicyclic) bond motifs is 1. The molecule has 1 saturated carbocycles. The number of likely N-dealkylation sites (N-methyl/N-ethyl adjacent to an activating group) is 1. The van der Waals surface area contributed by atoms with E-state index in [9.17, 15) is 22.8 Å². The summed E-state index contributed by atoms with van der Waals surface area (Å²) in [5, 5.41) is 10.8. The van der Waals surface area contributed by atoms with E-state index >= 15 is 0 Å². The average molecular weight is 423 g/mol. The summed E-state index contributed by atoms with van der Waals surface area (Å²) in [5.41, 5.74) is 0.359. The average Bonchev–Trinajstić information content (AvgIpc) is 3.28. The molecule has 1 aliphatic carbocycles. The van der Waals surface area contributed by atoms with Crippen LogP contribution in [0.5, 0.6) is 0 Å². The van der Waals surface area contributed by atoms with Crippen LogP contribution in [0.25, 0.3) is 5.70 Å². The normalized spacial score (nSPS) is 24.1. The molecule has 0 bridgehead atoms. The van der Waals surface area contributed by atoms with Crippen molar-refractivity contribution in [3.63, 3.8) is 0 Å². The molecule has 12 heteroatoms. The second kappa shape index (κ2) is 7.26. The molecule has 1 aliphatic heterocycles. The van der Waals surface area contributed by atoms with E-state index in [1.54, 1.807) is 24.0 Å². The van der Waals surface area contributed by atoms with Gasteiger partial charge in [-0.2, -0.15) is 18.3 Å². The second-order valence-corrected chi connectivity index (χ2v) is 7.54. The first-order valence-electron chi connectivity index (χ1n) is 9.43. The highest BCUT2D eigenvalue weighted by molar-refractivity contribution is 6.00. The standard InChI is InChI=1S/C18H20F3N7O2/c1-10(11-7-12(8-11)18(19,20)21)28-9-22-15(25-28)16(29)24-13-4-6-27-14(3-5-23-27)26(2)17(13)30/h3,5,9,11-13H,1,4,6-8H2,2H3,(H,24,29)/t11?,12?,13-/m0/s1. The molecule has 0 saturated heterocycles. The Balaban J connectivity index is 1.38. The zero-order chi connectivity index (χ0) is 21.6. The first-order valence-corrected chi connectivity index (χ1v) is 9.43. The van der Waals surface area contributed by atoms with E-state index in [0.717, 1.165) is 0 Å². The number of halogens is 3. The van der Waals surface area contributed by atoms with Gasteiger partial charge in [0.2, 0.25) is 5.82 Å². The van der Waals surface area contributed by atoms with Crippen molar-refractivity contribution in [2.75, 3.05) is 11.9 Å². The van der Waals surface area contributed by atoms with Gasteiger partial charge in [0.25, 0.3) is 11.8 Å². The monoisotopic (exact) mass is 423 g/mol. The van der Waals surface area contributed by atoms with Crippen molar-refractivity contribution < 1.29 is 22.8 Å². The predicted octanol–water partition coefficient (Wildman–Crippen LogP) is 1.70. The minimum absolute atomic E-state index is 0.0541. The van der Waals surface area contributed by atoms with Crippen LogP contribution in [0.4, 0.5) is 19.0 Å². The SMILES string of the molecule is C=C(C1CC(C(F)(F)F)C1)n1cnc(C(=O)N[C@H]2CCn3nccc3N(C)C2=O)n1. The van der Waals surface area contributed by atoms with E-state index in [1.165, 1.54) is 15.9 Å². The van der Waals surface area contributed by atoms with Crippen LogP contribution in [-0.2, 0) is 11.3 Å². The molecule has 4 rings (SSSR count). The quantitative estimate of drug-likeness (QED) is 0.807. The molecule has 2 amide bonds. The Hall–Kier alpha value is -3.18. The molecule has 160 valence electrons. The minimum Gasteiger partial charge on any atom is -0.337 e. The number of carbonyl (C=O) groups excluding carboxylic acids is 2. The highest BCUT2D eigenvalue weighted by Gasteiger charge is 2.48. The molecule has 1 fully saturated rings. The summed E-state index contributed by atoms with van der Waals surface area (Å²) in [5.74, 6) is -2.19. The topological polar surface area (TPSA) is 97.9 Å². The minimum atomic E-state index is -4.21. The number of allylic oxidation sites excluding steroid dienone is 1. The molecule has 2 aliphatic rings. The van der Waals surface area contributed by atoms with Crippen LogP contribution in [0.1, 0.15) is 29.9 Å². The van der Waals surface area contributed by atoms with Gasteiger partial charge in [0.1, 0.15) is 18.2 Å². The molecule has 2 aromatic heterocycles. The van der Waals surface area contributed by atoms with E-state index in [4.69, 9.17) is 0 Å². The highest BCUT2D eigenvalue weighted by atomic mass is 19.4. The van der Waals surface area contributed by atoms with Gasteiger partial charge >= 0.3 is 6.18 Å². The van der Waals surface area contributed by atoms with Gasteiger partial charge in [-0.25, -0.2) is 14.3 Å². The Bertz CT molecular complexity index is 990. The Morgan fingerprint density at radius 2 is 2.07 bits per heavy atom. The van der Waals surface area contributed by atoms with Gasteiger partial charge in [-0.05, 0) is 19.3 Å². The number of alkyl halides is 3. The number of hydrogen-bond donors (Lipinski definition) is 1. The molecule has 3 heterocycles. The maximum Gasteiger partial charge on any atom is 0.391 e. The summed E-state index contributed by atoms with van der Waals surface area (Å²) in [6.07, 6.45) is -1.13. The van der Waals surface area contributed by atoms with Crippen LogP contribution < -0.4 is 10.2 Å². The molecule has 2 aromatic rings. The smallest absolute Gasteiger partial charge is 0.337 e. The third-order valence-electron chi connectivity index (χ3n) is 5.66. The van der Waals surface area contributed by atoms with Crippen LogP contribution in [0.15, 0.2) is 25.2 Å². The van der Waals surface area contributed by atoms with Crippen molar-refractivity contribution in [3.8, 4) is 0 Å². The Labute approximate surface area is 169 Å². The maximum atomic E-state index is 12.7. The summed E-state index contributed by atoms with van der Waals surface area (Å²) in [7, 11) is 1.60. The van der Waals surface area contributed by atoms with E-state index in [-0.39, 0.29) is 30.5 Å². The van der Waals surface area contributed by atoms with Gasteiger partial charge in [0.05, 0.1) is 12.1 Å². The van der Waals surface area contributed by atoms with E-state index in [1.807, 2.05) is 0 Å². The Kier molecular flexibility index (Phi) is 4.86. The van der Waals surface area contributed by atoms with Crippen molar-refractivity contribution in [1.29, 1.82) is 0 Å². The largest absolute Gasteiger partial charge is 0.391 e. The lowest BCUT2D eigenvalue weighted by molar-refractivity contribution is -0.200. The summed E-state index contributed by atoms with van der Waals surface area (Å²) < 4.78 is 40.9. The number of nitrogens with zero attached hydrogens (tertiary/aromatic N) is 6. The number of amides is 2. The zero-order valence-corrected chi connectivity index (χ0v) is 16.1. The lowest BCUT2D eigenvalue weighted by Gasteiger charge is -2.37. The zero-order valence-electron chi connectivity index (χ0n) is 16.1. The van der Waals surface area contributed by atoms with Gasteiger partial charge in [-0.15, -0.1) is 5.10 Å². The first kappa shape index (κ1) is 20.1. The summed E-state index contributed by atoms with van der Waals surface area (Å²) in [6, 6.07) is 0.930. The molecule has 0 aromatic carbocycles. The number of aryl methyl sites for hydroxylation is 1. The van der Waals surface area contributed by atoms with Crippen molar-refractivity contribution in [2.45, 2.75) is 38.0 Å². The number of nitrogens with one attached hydrogen (secondary N) is 1. The van der Waals surface area contributed by atoms with Crippen molar-refractivity contribution in [3.05, 3.63) is 31.0 Å². The second-order valence-electron chi connectivity index (χ2n) is 7.54.